The lowest BCUT2D eigenvalue weighted by molar-refractivity contribution is -0.142. The summed E-state index contributed by atoms with van der Waals surface area (Å²) in [5, 5.41) is 0. The SMILES string of the molecule is C=C(CCOC(C)=O)C(=O)N1CC(C(C)(C)C)C1. The fourth-order valence-electron chi connectivity index (χ4n) is 1.84. The normalized spacial score (nSPS) is 16.1. The Bertz CT molecular complexity index is 349. The van der Waals surface area contributed by atoms with Gasteiger partial charge in [0.2, 0.25) is 5.91 Å². The van der Waals surface area contributed by atoms with Crippen molar-refractivity contribution in [1.29, 1.82) is 0 Å². The van der Waals surface area contributed by atoms with Gasteiger partial charge in [-0.15, -0.1) is 0 Å². The van der Waals surface area contributed by atoms with Gasteiger partial charge in [-0.2, -0.15) is 0 Å². The first kappa shape index (κ1) is 14.7. The van der Waals surface area contributed by atoms with E-state index >= 15 is 0 Å². The number of nitrogens with zero attached hydrogens (tertiary/aromatic N) is 1. The van der Waals surface area contributed by atoms with Crippen LogP contribution in [0.25, 0.3) is 0 Å². The van der Waals surface area contributed by atoms with Crippen molar-refractivity contribution in [3.05, 3.63) is 12.2 Å². The highest BCUT2D eigenvalue weighted by Crippen LogP contribution is 2.34. The van der Waals surface area contributed by atoms with E-state index < -0.39 is 0 Å². The summed E-state index contributed by atoms with van der Waals surface area (Å²) < 4.78 is 4.80. The zero-order valence-electron chi connectivity index (χ0n) is 11.8. The second-order valence-corrected chi connectivity index (χ2v) is 5.97. The minimum atomic E-state index is -0.327. The average Bonchev–Trinajstić information content (AvgIpc) is 2.11. The minimum absolute atomic E-state index is 0.0114. The number of carbonyl (C=O) groups is 2. The predicted molar refractivity (Wildman–Crippen MR) is 69.9 cm³/mol. The van der Waals surface area contributed by atoms with Gasteiger partial charge in [-0.3, -0.25) is 9.59 Å². The molecule has 1 aliphatic heterocycles. The van der Waals surface area contributed by atoms with E-state index in [4.69, 9.17) is 4.74 Å². The molecular formula is C14H23NO3. The summed E-state index contributed by atoms with van der Waals surface area (Å²) in [6.07, 6.45) is 0.412. The second kappa shape index (κ2) is 5.55. The lowest BCUT2D eigenvalue weighted by Gasteiger charge is -2.46. The third kappa shape index (κ3) is 3.86. The highest BCUT2D eigenvalue weighted by molar-refractivity contribution is 5.93. The van der Waals surface area contributed by atoms with E-state index in [1.807, 2.05) is 4.90 Å². The fourth-order valence-corrected chi connectivity index (χ4v) is 1.84. The molecule has 0 aromatic carbocycles. The number of hydrogen-bond donors (Lipinski definition) is 0. The third-order valence-corrected chi connectivity index (χ3v) is 3.41. The molecule has 0 bridgehead atoms. The Hall–Kier alpha value is -1.32. The first-order valence-electron chi connectivity index (χ1n) is 6.32. The van der Waals surface area contributed by atoms with E-state index in [9.17, 15) is 9.59 Å². The summed E-state index contributed by atoms with van der Waals surface area (Å²) in [5.74, 6) is 0.220. The predicted octanol–water partition coefficient (Wildman–Crippen LogP) is 2.00. The molecule has 0 atom stereocenters. The van der Waals surface area contributed by atoms with Crippen LogP contribution in [0.5, 0.6) is 0 Å². The number of ether oxygens (including phenoxy) is 1. The van der Waals surface area contributed by atoms with Crippen LogP contribution in [-0.2, 0) is 14.3 Å². The Labute approximate surface area is 109 Å². The molecule has 18 heavy (non-hydrogen) atoms. The molecule has 0 aliphatic carbocycles. The molecule has 0 aromatic rings. The molecule has 1 heterocycles. The van der Waals surface area contributed by atoms with Gasteiger partial charge in [0.1, 0.15) is 0 Å². The van der Waals surface area contributed by atoms with Crippen molar-refractivity contribution in [1.82, 2.24) is 4.90 Å². The van der Waals surface area contributed by atoms with Crippen LogP contribution in [-0.4, -0.2) is 36.5 Å². The summed E-state index contributed by atoms with van der Waals surface area (Å²) in [7, 11) is 0. The van der Waals surface area contributed by atoms with Crippen molar-refractivity contribution < 1.29 is 14.3 Å². The topological polar surface area (TPSA) is 46.6 Å². The van der Waals surface area contributed by atoms with Crippen LogP contribution in [0.1, 0.15) is 34.1 Å². The van der Waals surface area contributed by atoms with Crippen LogP contribution >= 0.6 is 0 Å². The van der Waals surface area contributed by atoms with Crippen LogP contribution in [0.4, 0.5) is 0 Å². The van der Waals surface area contributed by atoms with Crippen LogP contribution < -0.4 is 0 Å². The molecule has 4 nitrogen and oxygen atoms in total. The molecule has 0 aromatic heterocycles. The average molecular weight is 253 g/mol. The first-order valence-corrected chi connectivity index (χ1v) is 6.32. The zero-order chi connectivity index (χ0) is 13.9. The molecule has 0 N–H and O–H groups in total. The Morgan fingerprint density at radius 1 is 1.33 bits per heavy atom. The number of amides is 1. The van der Waals surface area contributed by atoms with E-state index in [-0.39, 0.29) is 23.9 Å². The van der Waals surface area contributed by atoms with Gasteiger partial charge in [0.05, 0.1) is 6.61 Å². The Morgan fingerprint density at radius 2 is 1.89 bits per heavy atom. The lowest BCUT2D eigenvalue weighted by atomic mass is 9.76. The van der Waals surface area contributed by atoms with Crippen molar-refractivity contribution >= 4 is 11.9 Å². The van der Waals surface area contributed by atoms with Gasteiger partial charge in [-0.05, 0) is 11.3 Å². The smallest absolute Gasteiger partial charge is 0.302 e. The molecule has 0 spiro atoms. The van der Waals surface area contributed by atoms with E-state index in [1.165, 1.54) is 6.92 Å². The molecule has 0 unspecified atom stereocenters. The van der Waals surface area contributed by atoms with Crippen molar-refractivity contribution in [2.24, 2.45) is 11.3 Å². The van der Waals surface area contributed by atoms with Gasteiger partial charge in [0, 0.05) is 32.0 Å². The number of hydrogen-bond acceptors (Lipinski definition) is 3. The Morgan fingerprint density at radius 3 is 2.33 bits per heavy atom. The van der Waals surface area contributed by atoms with E-state index in [0.29, 0.717) is 17.9 Å². The fraction of sp³-hybridized carbons (Fsp3) is 0.714. The number of likely N-dealkylation sites (tertiary alicyclic amines) is 1. The standard InChI is InChI=1S/C14H23NO3/c1-10(6-7-18-11(2)16)13(17)15-8-12(9-15)14(3,4)5/h12H,1,6-9H2,2-5H3. The molecule has 1 aliphatic rings. The largest absolute Gasteiger partial charge is 0.466 e. The minimum Gasteiger partial charge on any atom is -0.466 e. The summed E-state index contributed by atoms with van der Waals surface area (Å²) in [6.45, 7) is 13.5. The van der Waals surface area contributed by atoms with Gasteiger partial charge >= 0.3 is 5.97 Å². The van der Waals surface area contributed by atoms with E-state index in [1.54, 1.807) is 0 Å². The van der Waals surface area contributed by atoms with Crippen LogP contribution in [0.15, 0.2) is 12.2 Å². The van der Waals surface area contributed by atoms with E-state index in [0.717, 1.165) is 13.1 Å². The highest BCUT2D eigenvalue weighted by atomic mass is 16.5. The maximum absolute atomic E-state index is 12.0. The zero-order valence-corrected chi connectivity index (χ0v) is 11.8. The van der Waals surface area contributed by atoms with Crippen molar-refractivity contribution in [2.75, 3.05) is 19.7 Å². The molecule has 1 rings (SSSR count). The van der Waals surface area contributed by atoms with E-state index in [2.05, 4.69) is 27.4 Å². The maximum atomic E-state index is 12.0. The molecule has 0 saturated carbocycles. The number of rotatable bonds is 4. The monoisotopic (exact) mass is 253 g/mol. The molecule has 1 fully saturated rings. The third-order valence-electron chi connectivity index (χ3n) is 3.41. The Balaban J connectivity index is 2.30. The molecule has 4 heteroatoms. The number of carbonyl (C=O) groups excluding carboxylic acids is 2. The number of esters is 1. The van der Waals surface area contributed by atoms with Gasteiger partial charge < -0.3 is 9.64 Å². The second-order valence-electron chi connectivity index (χ2n) is 5.97. The van der Waals surface area contributed by atoms with Gasteiger partial charge in [0.25, 0.3) is 0 Å². The molecule has 0 radical (unpaired) electrons. The quantitative estimate of drug-likeness (QED) is 0.568. The van der Waals surface area contributed by atoms with Crippen LogP contribution in [0, 0.1) is 11.3 Å². The summed E-state index contributed by atoms with van der Waals surface area (Å²) >= 11 is 0. The van der Waals surface area contributed by atoms with Crippen molar-refractivity contribution in [3.8, 4) is 0 Å². The summed E-state index contributed by atoms with van der Waals surface area (Å²) in [6, 6.07) is 0. The molecule has 1 amide bonds. The van der Waals surface area contributed by atoms with Gasteiger partial charge in [-0.1, -0.05) is 27.4 Å². The summed E-state index contributed by atoms with van der Waals surface area (Å²) in [4.78, 5) is 24.4. The van der Waals surface area contributed by atoms with Crippen molar-refractivity contribution in [3.63, 3.8) is 0 Å². The van der Waals surface area contributed by atoms with Crippen LogP contribution in [0.2, 0.25) is 0 Å². The molecular weight excluding hydrogens is 230 g/mol. The molecule has 1 saturated heterocycles. The first-order chi connectivity index (χ1) is 8.21. The van der Waals surface area contributed by atoms with Gasteiger partial charge in [0.15, 0.2) is 0 Å². The summed E-state index contributed by atoms with van der Waals surface area (Å²) in [5.41, 5.74) is 0.763. The highest BCUT2D eigenvalue weighted by Gasteiger charge is 2.38. The van der Waals surface area contributed by atoms with Crippen molar-refractivity contribution in [2.45, 2.75) is 34.1 Å². The molecule has 102 valence electrons. The Kier molecular flexibility index (Phi) is 4.54. The van der Waals surface area contributed by atoms with Gasteiger partial charge in [-0.25, -0.2) is 0 Å². The van der Waals surface area contributed by atoms with Crippen LogP contribution in [0.3, 0.4) is 0 Å². The lowest BCUT2D eigenvalue weighted by Crippen LogP contribution is -2.54. The maximum Gasteiger partial charge on any atom is 0.302 e.